The van der Waals surface area contributed by atoms with Gasteiger partial charge >= 0.3 is 0 Å². The van der Waals surface area contributed by atoms with Gasteiger partial charge in [0.15, 0.2) is 0 Å². The van der Waals surface area contributed by atoms with E-state index in [9.17, 15) is 0 Å². The molecule has 2 nitrogen and oxygen atoms in total. The Balaban J connectivity index is 1.96. The molecule has 0 aromatic carbocycles. The normalized spacial score (nSPS) is 26.9. The molecule has 0 radical (unpaired) electrons. The van der Waals surface area contributed by atoms with Crippen molar-refractivity contribution >= 4 is 0 Å². The van der Waals surface area contributed by atoms with Crippen molar-refractivity contribution in [1.82, 2.24) is 0 Å². The molecule has 0 aliphatic carbocycles. The maximum atomic E-state index is 8.31. The standard InChI is InChI=1S/C6H10O2/c7-4-2-1-3-6-5-8-6/h1,3,6-7H,2,4-5H2. The van der Waals surface area contributed by atoms with Crippen molar-refractivity contribution in [3.63, 3.8) is 0 Å². The van der Waals surface area contributed by atoms with Gasteiger partial charge in [0, 0.05) is 6.61 Å². The largest absolute Gasteiger partial charge is 0.396 e. The van der Waals surface area contributed by atoms with Crippen LogP contribution in [0, 0.1) is 0 Å². The predicted octanol–water partition coefficient (Wildman–Crippen LogP) is 0.324. The monoisotopic (exact) mass is 114 g/mol. The number of hydrogen-bond acceptors (Lipinski definition) is 2. The lowest BCUT2D eigenvalue weighted by Crippen LogP contribution is -1.78. The van der Waals surface area contributed by atoms with Crippen LogP contribution >= 0.6 is 0 Å². The lowest BCUT2D eigenvalue weighted by atomic mass is 10.3. The van der Waals surface area contributed by atoms with E-state index in [0.717, 1.165) is 13.0 Å². The van der Waals surface area contributed by atoms with Crippen molar-refractivity contribution in [2.45, 2.75) is 12.5 Å². The van der Waals surface area contributed by atoms with Gasteiger partial charge in [-0.3, -0.25) is 0 Å². The lowest BCUT2D eigenvalue weighted by Gasteiger charge is -1.79. The molecule has 0 saturated carbocycles. The van der Waals surface area contributed by atoms with E-state index in [2.05, 4.69) is 0 Å². The van der Waals surface area contributed by atoms with Crippen LogP contribution < -0.4 is 0 Å². The van der Waals surface area contributed by atoms with Crippen molar-refractivity contribution in [3.8, 4) is 0 Å². The summed E-state index contributed by atoms with van der Waals surface area (Å²) in [6, 6.07) is 0. The minimum absolute atomic E-state index is 0.239. The van der Waals surface area contributed by atoms with E-state index < -0.39 is 0 Å². The average Bonchev–Trinajstić information content (AvgIpc) is 2.51. The zero-order valence-electron chi connectivity index (χ0n) is 4.71. The Kier molecular flexibility index (Phi) is 2.06. The summed E-state index contributed by atoms with van der Waals surface area (Å²) in [4.78, 5) is 0. The molecule has 0 bridgehead atoms. The van der Waals surface area contributed by atoms with Gasteiger partial charge in [-0.15, -0.1) is 0 Å². The number of epoxide rings is 1. The molecule has 0 spiro atoms. The van der Waals surface area contributed by atoms with Crippen LogP contribution in [0.1, 0.15) is 6.42 Å². The van der Waals surface area contributed by atoms with Crippen LogP contribution in [0.4, 0.5) is 0 Å². The second-order valence-corrected chi connectivity index (χ2v) is 1.81. The maximum Gasteiger partial charge on any atom is 0.0991 e. The summed E-state index contributed by atoms with van der Waals surface area (Å²) >= 11 is 0. The second-order valence-electron chi connectivity index (χ2n) is 1.81. The summed E-state index contributed by atoms with van der Waals surface area (Å²) in [6.07, 6.45) is 5.04. The van der Waals surface area contributed by atoms with Gasteiger partial charge in [-0.05, 0) is 6.42 Å². The van der Waals surface area contributed by atoms with Crippen LogP contribution in [-0.2, 0) is 4.74 Å². The van der Waals surface area contributed by atoms with E-state index in [1.165, 1.54) is 0 Å². The zero-order chi connectivity index (χ0) is 5.82. The molecule has 0 aromatic heterocycles. The summed E-state index contributed by atoms with van der Waals surface area (Å²) in [7, 11) is 0. The van der Waals surface area contributed by atoms with Gasteiger partial charge in [-0.1, -0.05) is 12.2 Å². The predicted molar refractivity (Wildman–Crippen MR) is 30.6 cm³/mol. The Morgan fingerprint density at radius 2 is 2.50 bits per heavy atom. The molecular formula is C6H10O2. The van der Waals surface area contributed by atoms with E-state index in [-0.39, 0.29) is 6.61 Å². The molecule has 1 N–H and O–H groups in total. The molecule has 46 valence electrons. The first-order valence-electron chi connectivity index (χ1n) is 2.82. The number of rotatable bonds is 3. The van der Waals surface area contributed by atoms with Crippen LogP contribution in [0.2, 0.25) is 0 Å². The van der Waals surface area contributed by atoms with Gasteiger partial charge in [0.2, 0.25) is 0 Å². The Morgan fingerprint density at radius 3 is 3.00 bits per heavy atom. The molecule has 2 heteroatoms. The third-order valence-electron chi connectivity index (χ3n) is 1.01. The number of aliphatic hydroxyl groups is 1. The smallest absolute Gasteiger partial charge is 0.0991 e. The molecule has 0 amide bonds. The molecule has 1 aliphatic rings. The minimum atomic E-state index is 0.239. The first kappa shape index (κ1) is 5.79. The number of aliphatic hydroxyl groups excluding tert-OH is 1. The third-order valence-corrected chi connectivity index (χ3v) is 1.01. The number of hydrogen-bond donors (Lipinski definition) is 1. The first-order valence-corrected chi connectivity index (χ1v) is 2.82. The van der Waals surface area contributed by atoms with Gasteiger partial charge in [-0.2, -0.15) is 0 Å². The molecule has 1 atom stereocenters. The fourth-order valence-electron chi connectivity index (χ4n) is 0.489. The van der Waals surface area contributed by atoms with Crippen molar-refractivity contribution in [3.05, 3.63) is 12.2 Å². The highest BCUT2D eigenvalue weighted by Crippen LogP contribution is 2.09. The molecule has 1 aliphatic heterocycles. The Bertz CT molecular complexity index is 84.5. The summed E-state index contributed by atoms with van der Waals surface area (Å²) in [5, 5.41) is 8.31. The van der Waals surface area contributed by atoms with Gasteiger partial charge in [0.25, 0.3) is 0 Å². The molecule has 1 saturated heterocycles. The van der Waals surface area contributed by atoms with Crippen molar-refractivity contribution in [1.29, 1.82) is 0 Å². The molecule has 0 aromatic rings. The highest BCUT2D eigenvalue weighted by atomic mass is 16.6. The zero-order valence-corrected chi connectivity index (χ0v) is 4.71. The van der Waals surface area contributed by atoms with Crippen LogP contribution in [0.5, 0.6) is 0 Å². The van der Waals surface area contributed by atoms with Crippen molar-refractivity contribution < 1.29 is 9.84 Å². The molecule has 8 heavy (non-hydrogen) atoms. The van der Waals surface area contributed by atoms with E-state index >= 15 is 0 Å². The quantitative estimate of drug-likeness (QED) is 0.423. The van der Waals surface area contributed by atoms with E-state index in [1.54, 1.807) is 0 Å². The van der Waals surface area contributed by atoms with Gasteiger partial charge < -0.3 is 9.84 Å². The van der Waals surface area contributed by atoms with E-state index in [1.807, 2.05) is 12.2 Å². The highest BCUT2D eigenvalue weighted by Gasteiger charge is 2.17. The average molecular weight is 114 g/mol. The summed E-state index contributed by atoms with van der Waals surface area (Å²) in [6.45, 7) is 1.10. The van der Waals surface area contributed by atoms with Crippen LogP contribution in [0.3, 0.4) is 0 Å². The first-order chi connectivity index (χ1) is 3.93. The summed E-state index contributed by atoms with van der Waals surface area (Å²) < 4.78 is 4.89. The van der Waals surface area contributed by atoms with E-state index in [0.29, 0.717) is 6.10 Å². The molecule has 1 heterocycles. The molecular weight excluding hydrogens is 104 g/mol. The second kappa shape index (κ2) is 2.84. The lowest BCUT2D eigenvalue weighted by molar-refractivity contribution is 0.302. The Morgan fingerprint density at radius 1 is 1.75 bits per heavy atom. The fraction of sp³-hybridized carbons (Fsp3) is 0.667. The number of ether oxygens (including phenoxy) is 1. The molecule has 1 unspecified atom stereocenters. The SMILES string of the molecule is OCCC=CC1CO1. The van der Waals surface area contributed by atoms with Gasteiger partial charge in [-0.25, -0.2) is 0 Å². The summed E-state index contributed by atoms with van der Waals surface area (Å²) in [5.74, 6) is 0. The highest BCUT2D eigenvalue weighted by molar-refractivity contribution is 4.95. The summed E-state index contributed by atoms with van der Waals surface area (Å²) in [5.41, 5.74) is 0. The van der Waals surface area contributed by atoms with Crippen molar-refractivity contribution in [2.24, 2.45) is 0 Å². The topological polar surface area (TPSA) is 32.8 Å². The van der Waals surface area contributed by atoms with Crippen LogP contribution in [-0.4, -0.2) is 24.4 Å². The third kappa shape index (κ3) is 2.09. The Labute approximate surface area is 48.8 Å². The maximum absolute atomic E-state index is 8.31. The van der Waals surface area contributed by atoms with Crippen LogP contribution in [0.15, 0.2) is 12.2 Å². The Hall–Kier alpha value is -0.340. The van der Waals surface area contributed by atoms with Gasteiger partial charge in [0.1, 0.15) is 0 Å². The fourth-order valence-corrected chi connectivity index (χ4v) is 0.489. The minimum Gasteiger partial charge on any atom is -0.396 e. The van der Waals surface area contributed by atoms with Gasteiger partial charge in [0.05, 0.1) is 12.7 Å². The van der Waals surface area contributed by atoms with E-state index in [4.69, 9.17) is 9.84 Å². The van der Waals surface area contributed by atoms with Crippen LogP contribution in [0.25, 0.3) is 0 Å². The van der Waals surface area contributed by atoms with Crippen molar-refractivity contribution in [2.75, 3.05) is 13.2 Å². The molecule has 1 rings (SSSR count). The molecule has 1 fully saturated rings.